The zero-order valence-corrected chi connectivity index (χ0v) is 16.2. The highest BCUT2D eigenvalue weighted by molar-refractivity contribution is 5.91. The van der Waals surface area contributed by atoms with Gasteiger partial charge in [-0.05, 0) is 61.7 Å². The molecule has 28 heavy (non-hydrogen) atoms. The van der Waals surface area contributed by atoms with E-state index >= 15 is 0 Å². The van der Waals surface area contributed by atoms with Crippen LogP contribution < -0.4 is 9.47 Å². The van der Waals surface area contributed by atoms with Crippen molar-refractivity contribution in [2.75, 3.05) is 20.3 Å². The molecule has 148 valence electrons. The first-order chi connectivity index (χ1) is 13.6. The molecule has 0 bridgehead atoms. The Morgan fingerprint density at radius 1 is 1.00 bits per heavy atom. The van der Waals surface area contributed by atoms with Crippen molar-refractivity contribution in [1.29, 1.82) is 0 Å². The van der Waals surface area contributed by atoms with Crippen molar-refractivity contribution in [3.8, 4) is 11.5 Å². The largest absolute Gasteiger partial charge is 0.497 e. The molecule has 0 N–H and O–H groups in total. The van der Waals surface area contributed by atoms with Crippen LogP contribution in [0.15, 0.2) is 48.5 Å². The molecule has 1 amide bonds. The number of nitrogens with zero attached hydrogens (tertiary/aromatic N) is 1. The number of carbonyl (C=O) groups excluding carboxylic acids is 2. The molecular formula is C22H25NO5. The first-order valence-electron chi connectivity index (χ1n) is 9.43. The molecule has 0 spiro atoms. The molecule has 2 aromatic carbocycles. The van der Waals surface area contributed by atoms with Gasteiger partial charge in [0.15, 0.2) is 6.61 Å². The summed E-state index contributed by atoms with van der Waals surface area (Å²) in [6, 6.07) is 14.5. The van der Waals surface area contributed by atoms with E-state index in [2.05, 4.69) is 0 Å². The molecule has 0 radical (unpaired) electrons. The van der Waals surface area contributed by atoms with Gasteiger partial charge in [0.05, 0.1) is 19.3 Å². The molecule has 0 atom stereocenters. The third-order valence-corrected chi connectivity index (χ3v) is 4.55. The van der Waals surface area contributed by atoms with Gasteiger partial charge in [-0.25, -0.2) is 4.79 Å². The first-order valence-corrected chi connectivity index (χ1v) is 9.43. The Kier molecular flexibility index (Phi) is 6.53. The zero-order valence-electron chi connectivity index (χ0n) is 16.2. The van der Waals surface area contributed by atoms with E-state index in [0.717, 1.165) is 24.2 Å². The Balaban J connectivity index is 1.55. The minimum atomic E-state index is -0.517. The maximum absolute atomic E-state index is 12.6. The van der Waals surface area contributed by atoms with Crippen LogP contribution in [0.2, 0.25) is 0 Å². The summed E-state index contributed by atoms with van der Waals surface area (Å²) in [6.07, 6.45) is 1.96. The lowest BCUT2D eigenvalue weighted by Crippen LogP contribution is -2.36. The van der Waals surface area contributed by atoms with Crippen LogP contribution in [-0.2, 0) is 16.1 Å². The highest BCUT2D eigenvalue weighted by Gasteiger charge is 2.33. The van der Waals surface area contributed by atoms with Crippen LogP contribution >= 0.6 is 0 Å². The van der Waals surface area contributed by atoms with Crippen molar-refractivity contribution in [1.82, 2.24) is 4.90 Å². The fourth-order valence-electron chi connectivity index (χ4n) is 2.88. The van der Waals surface area contributed by atoms with Crippen molar-refractivity contribution in [2.45, 2.75) is 32.4 Å². The molecule has 3 rings (SSSR count). The van der Waals surface area contributed by atoms with Crippen molar-refractivity contribution in [3.63, 3.8) is 0 Å². The predicted molar refractivity (Wildman–Crippen MR) is 104 cm³/mol. The standard InChI is InChI=1S/C22H25NO5/c1-3-27-20-12-6-17(7-13-20)22(25)28-15-21(24)23(18-8-9-18)14-16-4-10-19(26-2)11-5-16/h4-7,10-13,18H,3,8-9,14-15H2,1-2H3. The molecule has 0 unspecified atom stereocenters. The average molecular weight is 383 g/mol. The highest BCUT2D eigenvalue weighted by Crippen LogP contribution is 2.29. The molecule has 0 aromatic heterocycles. The van der Waals surface area contributed by atoms with Crippen LogP contribution in [0.1, 0.15) is 35.7 Å². The molecule has 0 saturated heterocycles. The second-order valence-corrected chi connectivity index (χ2v) is 6.63. The Hall–Kier alpha value is -3.02. The number of hydrogen-bond donors (Lipinski definition) is 0. The minimum absolute atomic E-state index is 0.183. The van der Waals surface area contributed by atoms with E-state index in [0.29, 0.717) is 24.5 Å². The number of amides is 1. The molecule has 0 aliphatic heterocycles. The van der Waals surface area contributed by atoms with Gasteiger partial charge < -0.3 is 19.1 Å². The van der Waals surface area contributed by atoms with Crippen molar-refractivity contribution in [3.05, 3.63) is 59.7 Å². The van der Waals surface area contributed by atoms with Gasteiger partial charge in [0.1, 0.15) is 11.5 Å². The van der Waals surface area contributed by atoms with Crippen molar-refractivity contribution >= 4 is 11.9 Å². The SMILES string of the molecule is CCOc1ccc(C(=O)OCC(=O)N(Cc2ccc(OC)cc2)C2CC2)cc1. The smallest absolute Gasteiger partial charge is 0.338 e. The maximum atomic E-state index is 12.6. The lowest BCUT2D eigenvalue weighted by atomic mass is 10.2. The van der Waals surface area contributed by atoms with Crippen LogP contribution in [-0.4, -0.2) is 43.1 Å². The van der Waals surface area contributed by atoms with Gasteiger partial charge in [-0.1, -0.05) is 12.1 Å². The summed E-state index contributed by atoms with van der Waals surface area (Å²) in [5.41, 5.74) is 1.41. The van der Waals surface area contributed by atoms with E-state index in [9.17, 15) is 9.59 Å². The Morgan fingerprint density at radius 3 is 2.21 bits per heavy atom. The van der Waals surface area contributed by atoms with Gasteiger partial charge >= 0.3 is 5.97 Å². The average Bonchev–Trinajstić information content (AvgIpc) is 3.56. The van der Waals surface area contributed by atoms with E-state index in [1.54, 1.807) is 36.3 Å². The Bertz CT molecular complexity index is 797. The number of ether oxygens (including phenoxy) is 3. The summed E-state index contributed by atoms with van der Waals surface area (Å²) >= 11 is 0. The molecule has 2 aromatic rings. The number of benzene rings is 2. The van der Waals surface area contributed by atoms with Gasteiger partial charge in [-0.2, -0.15) is 0 Å². The Morgan fingerprint density at radius 2 is 1.64 bits per heavy atom. The quantitative estimate of drug-likeness (QED) is 0.621. The van der Waals surface area contributed by atoms with Crippen LogP contribution in [0, 0.1) is 0 Å². The molecule has 1 aliphatic rings. The predicted octanol–water partition coefficient (Wildman–Crippen LogP) is 3.44. The lowest BCUT2D eigenvalue weighted by molar-refractivity contribution is -0.135. The molecule has 6 nitrogen and oxygen atoms in total. The summed E-state index contributed by atoms with van der Waals surface area (Å²) in [4.78, 5) is 26.6. The highest BCUT2D eigenvalue weighted by atomic mass is 16.5. The molecule has 0 heterocycles. The number of hydrogen-bond acceptors (Lipinski definition) is 5. The molecule has 6 heteroatoms. The van der Waals surface area contributed by atoms with E-state index in [-0.39, 0.29) is 18.6 Å². The minimum Gasteiger partial charge on any atom is -0.497 e. The van der Waals surface area contributed by atoms with Gasteiger partial charge in [-0.3, -0.25) is 4.79 Å². The monoisotopic (exact) mass is 383 g/mol. The molecule has 1 aliphatic carbocycles. The number of rotatable bonds is 9. The van der Waals surface area contributed by atoms with E-state index in [1.165, 1.54) is 0 Å². The Labute approximate surface area is 165 Å². The van der Waals surface area contributed by atoms with E-state index in [1.807, 2.05) is 31.2 Å². The van der Waals surface area contributed by atoms with Gasteiger partial charge in [0.2, 0.25) is 0 Å². The van der Waals surface area contributed by atoms with E-state index < -0.39 is 5.97 Å². The van der Waals surface area contributed by atoms with E-state index in [4.69, 9.17) is 14.2 Å². The van der Waals surface area contributed by atoms with Crippen LogP contribution in [0.4, 0.5) is 0 Å². The zero-order chi connectivity index (χ0) is 19.9. The number of carbonyl (C=O) groups is 2. The maximum Gasteiger partial charge on any atom is 0.338 e. The third-order valence-electron chi connectivity index (χ3n) is 4.55. The summed E-state index contributed by atoms with van der Waals surface area (Å²) in [7, 11) is 1.62. The fourth-order valence-corrected chi connectivity index (χ4v) is 2.88. The van der Waals surface area contributed by atoms with Crippen molar-refractivity contribution in [2.24, 2.45) is 0 Å². The van der Waals surface area contributed by atoms with Crippen LogP contribution in [0.25, 0.3) is 0 Å². The first kappa shape index (κ1) is 19.7. The number of esters is 1. The number of methoxy groups -OCH3 is 1. The van der Waals surface area contributed by atoms with Gasteiger partial charge in [0.25, 0.3) is 5.91 Å². The molecule has 1 fully saturated rings. The normalized spacial score (nSPS) is 12.9. The topological polar surface area (TPSA) is 65.1 Å². The second kappa shape index (κ2) is 9.26. The summed E-state index contributed by atoms with van der Waals surface area (Å²) in [5.74, 6) is 0.765. The molecular weight excluding hydrogens is 358 g/mol. The molecule has 1 saturated carbocycles. The lowest BCUT2D eigenvalue weighted by Gasteiger charge is -2.22. The van der Waals surface area contributed by atoms with Crippen molar-refractivity contribution < 1.29 is 23.8 Å². The fraction of sp³-hybridized carbons (Fsp3) is 0.364. The van der Waals surface area contributed by atoms with Crippen LogP contribution in [0.5, 0.6) is 11.5 Å². The third kappa shape index (κ3) is 5.25. The second-order valence-electron chi connectivity index (χ2n) is 6.63. The van der Waals surface area contributed by atoms with Gasteiger partial charge in [0, 0.05) is 12.6 Å². The summed E-state index contributed by atoms with van der Waals surface area (Å²) in [6.45, 7) is 2.68. The van der Waals surface area contributed by atoms with Gasteiger partial charge in [-0.15, -0.1) is 0 Å². The van der Waals surface area contributed by atoms with Crippen LogP contribution in [0.3, 0.4) is 0 Å². The summed E-state index contributed by atoms with van der Waals surface area (Å²) < 4.78 is 15.7. The summed E-state index contributed by atoms with van der Waals surface area (Å²) in [5, 5.41) is 0.